The van der Waals surface area contributed by atoms with Crippen molar-refractivity contribution in [2.75, 3.05) is 44.2 Å². The molecule has 0 atom stereocenters. The van der Waals surface area contributed by atoms with Gasteiger partial charge in [-0.2, -0.15) is 13.2 Å². The molecule has 190 valence electrons. The van der Waals surface area contributed by atoms with Gasteiger partial charge in [0.2, 0.25) is 0 Å². The second-order valence-electron chi connectivity index (χ2n) is 9.42. The third-order valence-electron chi connectivity index (χ3n) is 7.20. The Morgan fingerprint density at radius 1 is 0.857 bits per heavy atom. The van der Waals surface area contributed by atoms with Crippen LogP contribution in [0.1, 0.15) is 63.9 Å². The summed E-state index contributed by atoms with van der Waals surface area (Å²) in [5.74, 6) is -0.398. The van der Waals surface area contributed by atoms with Gasteiger partial charge in [0.05, 0.1) is 16.7 Å². The Hall–Kier alpha value is -2.81. The molecule has 9 heteroatoms. The van der Waals surface area contributed by atoms with E-state index in [-0.39, 0.29) is 11.8 Å². The molecule has 1 aromatic heterocycles. The molecular weight excluding hydrogens is 457 g/mol. The molecule has 3 heterocycles. The minimum Gasteiger partial charge on any atom is -0.369 e. The quantitative estimate of drug-likeness (QED) is 0.502. The Labute approximate surface area is 204 Å². The second kappa shape index (κ2) is 10.0. The summed E-state index contributed by atoms with van der Waals surface area (Å²) in [5.41, 5.74) is 2.80. The van der Waals surface area contributed by atoms with Gasteiger partial charge in [0.15, 0.2) is 0 Å². The number of hydrogen-bond acceptors (Lipinski definition) is 4. The Balaban J connectivity index is 1.29. The van der Waals surface area contributed by atoms with Gasteiger partial charge >= 0.3 is 6.18 Å². The van der Waals surface area contributed by atoms with E-state index in [9.17, 15) is 22.8 Å². The number of fused-ring (bicyclic) bond motifs is 1. The maximum Gasteiger partial charge on any atom is 0.416 e. The second-order valence-corrected chi connectivity index (χ2v) is 9.42. The van der Waals surface area contributed by atoms with Gasteiger partial charge in [-0.1, -0.05) is 19.4 Å². The van der Waals surface area contributed by atoms with Gasteiger partial charge in [0, 0.05) is 56.3 Å². The van der Waals surface area contributed by atoms with Crippen LogP contribution in [-0.4, -0.2) is 65.4 Å². The number of carbonyl (C=O) groups excluding carboxylic acids is 2. The van der Waals surface area contributed by atoms with Crippen LogP contribution in [0.2, 0.25) is 0 Å². The largest absolute Gasteiger partial charge is 0.416 e. The van der Waals surface area contributed by atoms with E-state index >= 15 is 0 Å². The molecule has 0 aliphatic carbocycles. The number of alkyl halides is 3. The molecule has 4 rings (SSSR count). The summed E-state index contributed by atoms with van der Waals surface area (Å²) in [4.78, 5) is 31.6. The third-order valence-corrected chi connectivity index (χ3v) is 7.20. The smallest absolute Gasteiger partial charge is 0.369 e. The average Bonchev–Trinajstić information content (AvgIpc) is 3.23. The molecule has 1 fully saturated rings. The summed E-state index contributed by atoms with van der Waals surface area (Å²) in [5, 5.41) is 0. The topological polar surface area (TPSA) is 48.8 Å². The molecule has 2 aliphatic rings. The number of halogens is 3. The molecule has 0 radical (unpaired) electrons. The zero-order chi connectivity index (χ0) is 25.3. The van der Waals surface area contributed by atoms with E-state index in [1.165, 1.54) is 17.0 Å². The van der Waals surface area contributed by atoms with Crippen LogP contribution < -0.4 is 4.90 Å². The summed E-state index contributed by atoms with van der Waals surface area (Å²) >= 11 is 0. The number of imide groups is 1. The number of benzene rings is 1. The zero-order valence-corrected chi connectivity index (χ0v) is 20.6. The number of rotatable bonds is 8. The molecule has 35 heavy (non-hydrogen) atoms. The SMILES string of the molecule is CCCCn1c(C)c2c(c1C)C(=O)N(CCCN1CCN(c3cccc(C(F)(F)F)c3)CC1)C2=O. The monoisotopic (exact) mass is 490 g/mol. The van der Waals surface area contributed by atoms with E-state index in [0.29, 0.717) is 42.9 Å². The van der Waals surface area contributed by atoms with Crippen molar-refractivity contribution in [1.82, 2.24) is 14.4 Å². The van der Waals surface area contributed by atoms with Gasteiger partial charge in [-0.15, -0.1) is 0 Å². The van der Waals surface area contributed by atoms with E-state index in [4.69, 9.17) is 0 Å². The molecule has 6 nitrogen and oxygen atoms in total. The van der Waals surface area contributed by atoms with Crippen LogP contribution in [0.25, 0.3) is 0 Å². The predicted octanol–water partition coefficient (Wildman–Crippen LogP) is 4.73. The van der Waals surface area contributed by atoms with E-state index in [1.54, 1.807) is 6.07 Å². The van der Waals surface area contributed by atoms with Crippen LogP contribution in [0.3, 0.4) is 0 Å². The fourth-order valence-corrected chi connectivity index (χ4v) is 5.18. The first-order valence-electron chi connectivity index (χ1n) is 12.3. The minimum atomic E-state index is -4.35. The van der Waals surface area contributed by atoms with Gasteiger partial charge in [-0.25, -0.2) is 0 Å². The Bertz CT molecular complexity index is 1060. The molecule has 0 spiro atoms. The van der Waals surface area contributed by atoms with Crippen molar-refractivity contribution in [1.29, 1.82) is 0 Å². The van der Waals surface area contributed by atoms with Crippen molar-refractivity contribution >= 4 is 17.5 Å². The Morgan fingerprint density at radius 2 is 1.49 bits per heavy atom. The summed E-state index contributed by atoms with van der Waals surface area (Å²) in [6.07, 6.45) is -1.64. The number of hydrogen-bond donors (Lipinski definition) is 0. The Morgan fingerprint density at radius 3 is 2.06 bits per heavy atom. The number of amides is 2. The molecular formula is C26H33F3N4O2. The van der Waals surface area contributed by atoms with Crippen molar-refractivity contribution in [2.45, 2.75) is 52.8 Å². The highest BCUT2D eigenvalue weighted by atomic mass is 19.4. The van der Waals surface area contributed by atoms with Crippen molar-refractivity contribution in [2.24, 2.45) is 0 Å². The first-order valence-corrected chi connectivity index (χ1v) is 12.3. The number of carbonyl (C=O) groups is 2. The van der Waals surface area contributed by atoms with E-state index in [0.717, 1.165) is 56.5 Å². The van der Waals surface area contributed by atoms with E-state index in [1.807, 2.05) is 18.7 Å². The average molecular weight is 491 g/mol. The van der Waals surface area contributed by atoms with Gasteiger partial charge in [0.25, 0.3) is 11.8 Å². The van der Waals surface area contributed by atoms with Crippen LogP contribution in [0.15, 0.2) is 24.3 Å². The van der Waals surface area contributed by atoms with Crippen LogP contribution in [0.5, 0.6) is 0 Å². The van der Waals surface area contributed by atoms with Gasteiger partial charge < -0.3 is 9.47 Å². The summed E-state index contributed by atoms with van der Waals surface area (Å²) in [6, 6.07) is 5.45. The lowest BCUT2D eigenvalue weighted by atomic mass is 10.1. The van der Waals surface area contributed by atoms with Crippen molar-refractivity contribution < 1.29 is 22.8 Å². The molecule has 0 bridgehead atoms. The lowest BCUT2D eigenvalue weighted by molar-refractivity contribution is -0.137. The fourth-order valence-electron chi connectivity index (χ4n) is 5.18. The summed E-state index contributed by atoms with van der Waals surface area (Å²) < 4.78 is 41.1. The molecule has 1 aromatic carbocycles. The van der Waals surface area contributed by atoms with Crippen molar-refractivity contribution in [3.63, 3.8) is 0 Å². The molecule has 0 N–H and O–H groups in total. The van der Waals surface area contributed by atoms with Crippen molar-refractivity contribution in [3.05, 3.63) is 52.3 Å². The summed E-state index contributed by atoms with van der Waals surface area (Å²) in [6.45, 7) is 10.6. The molecule has 0 saturated carbocycles. The first-order chi connectivity index (χ1) is 16.6. The highest BCUT2D eigenvalue weighted by molar-refractivity contribution is 6.22. The number of unbranched alkanes of at least 4 members (excludes halogenated alkanes) is 1. The number of piperazine rings is 1. The van der Waals surface area contributed by atoms with Gasteiger partial charge in [0.1, 0.15) is 0 Å². The maximum absolute atomic E-state index is 13.0. The van der Waals surface area contributed by atoms with E-state index < -0.39 is 11.7 Å². The number of anilines is 1. The molecule has 0 unspecified atom stereocenters. The normalized spacial score (nSPS) is 17.0. The number of aromatic nitrogens is 1. The van der Waals surface area contributed by atoms with Gasteiger partial charge in [-0.3, -0.25) is 19.4 Å². The van der Waals surface area contributed by atoms with Crippen molar-refractivity contribution in [3.8, 4) is 0 Å². The van der Waals surface area contributed by atoms with E-state index in [2.05, 4.69) is 16.4 Å². The molecule has 1 saturated heterocycles. The molecule has 2 amide bonds. The predicted molar refractivity (Wildman–Crippen MR) is 129 cm³/mol. The highest BCUT2D eigenvalue weighted by Crippen LogP contribution is 2.33. The van der Waals surface area contributed by atoms with Crippen LogP contribution >= 0.6 is 0 Å². The highest BCUT2D eigenvalue weighted by Gasteiger charge is 2.40. The molecule has 2 aromatic rings. The lowest BCUT2D eigenvalue weighted by Gasteiger charge is -2.36. The van der Waals surface area contributed by atoms with Crippen LogP contribution in [0, 0.1) is 13.8 Å². The fraction of sp³-hybridized carbons (Fsp3) is 0.538. The number of nitrogens with zero attached hydrogens (tertiary/aromatic N) is 4. The first kappa shape index (κ1) is 25.3. The Kier molecular flexibility index (Phi) is 7.26. The standard InChI is InChI=1S/C26H33F3N4O2/c1-4-5-11-32-18(2)22-23(19(32)3)25(35)33(24(22)34)12-7-10-30-13-15-31(16-14-30)21-9-6-8-20(17-21)26(27,28)29/h6,8-9,17H,4-5,7,10-16H2,1-3H3. The minimum absolute atomic E-state index is 0.199. The lowest BCUT2D eigenvalue weighted by Crippen LogP contribution is -2.47. The third kappa shape index (κ3) is 4.96. The van der Waals surface area contributed by atoms with Crippen LogP contribution in [0.4, 0.5) is 18.9 Å². The van der Waals surface area contributed by atoms with Gasteiger partial charge in [-0.05, 0) is 51.4 Å². The maximum atomic E-state index is 13.0. The van der Waals surface area contributed by atoms with Crippen LogP contribution in [-0.2, 0) is 12.7 Å². The molecule has 2 aliphatic heterocycles. The zero-order valence-electron chi connectivity index (χ0n) is 20.6. The summed E-state index contributed by atoms with van der Waals surface area (Å²) in [7, 11) is 0.